The molecule has 2 saturated heterocycles. The van der Waals surface area contributed by atoms with E-state index in [0.29, 0.717) is 6.04 Å². The number of ether oxygens (including phenoxy) is 2. The summed E-state index contributed by atoms with van der Waals surface area (Å²) in [5, 5.41) is 3.57. The molecule has 102 valence electrons. The third-order valence-corrected chi connectivity index (χ3v) is 3.79. The molecule has 1 N–H and O–H groups in total. The number of hydrogen-bond donors (Lipinski definition) is 1. The fourth-order valence-corrected chi connectivity index (χ4v) is 2.80. The Morgan fingerprint density at radius 3 is 2.68 bits per heavy atom. The van der Waals surface area contributed by atoms with Crippen molar-refractivity contribution in [3.8, 4) is 0 Å². The lowest BCUT2D eigenvalue weighted by molar-refractivity contribution is -0.0484. The molecule has 1 unspecified atom stereocenters. The first-order valence-corrected chi connectivity index (χ1v) is 7.14. The van der Waals surface area contributed by atoms with Gasteiger partial charge in [-0.3, -0.25) is 0 Å². The summed E-state index contributed by atoms with van der Waals surface area (Å²) >= 11 is 0. The van der Waals surface area contributed by atoms with Gasteiger partial charge in [-0.1, -0.05) is 42.0 Å². The van der Waals surface area contributed by atoms with Crippen molar-refractivity contribution in [2.45, 2.75) is 31.6 Å². The summed E-state index contributed by atoms with van der Waals surface area (Å²) in [5.41, 5.74) is 2.80. The van der Waals surface area contributed by atoms with E-state index >= 15 is 0 Å². The number of nitrogens with one attached hydrogen (secondary N) is 1. The van der Waals surface area contributed by atoms with Crippen LogP contribution >= 0.6 is 0 Å². The Morgan fingerprint density at radius 1 is 1.11 bits per heavy atom. The SMILES string of the molecule is C(=C1/CCNC1CCC1OCCO1)/c1ccccc1. The predicted molar refractivity (Wildman–Crippen MR) is 75.8 cm³/mol. The third-order valence-electron chi connectivity index (χ3n) is 3.79. The van der Waals surface area contributed by atoms with Gasteiger partial charge in [-0.2, -0.15) is 0 Å². The zero-order valence-electron chi connectivity index (χ0n) is 11.2. The van der Waals surface area contributed by atoms with Crippen molar-refractivity contribution in [3.63, 3.8) is 0 Å². The molecule has 0 spiro atoms. The quantitative estimate of drug-likeness (QED) is 0.901. The summed E-state index contributed by atoms with van der Waals surface area (Å²) in [6.07, 6.45) is 5.54. The van der Waals surface area contributed by atoms with Crippen LogP contribution in [0.3, 0.4) is 0 Å². The molecular weight excluding hydrogens is 238 g/mol. The fraction of sp³-hybridized carbons (Fsp3) is 0.500. The first-order chi connectivity index (χ1) is 9.42. The lowest BCUT2D eigenvalue weighted by Crippen LogP contribution is -2.24. The van der Waals surface area contributed by atoms with Crippen LogP contribution in [0.1, 0.15) is 24.8 Å². The Labute approximate surface area is 114 Å². The van der Waals surface area contributed by atoms with Crippen LogP contribution in [0.2, 0.25) is 0 Å². The highest BCUT2D eigenvalue weighted by atomic mass is 16.7. The van der Waals surface area contributed by atoms with E-state index in [-0.39, 0.29) is 6.29 Å². The highest BCUT2D eigenvalue weighted by Gasteiger charge is 2.23. The van der Waals surface area contributed by atoms with Crippen LogP contribution in [0.5, 0.6) is 0 Å². The van der Waals surface area contributed by atoms with Crippen molar-refractivity contribution in [2.24, 2.45) is 0 Å². The smallest absolute Gasteiger partial charge is 0.157 e. The number of rotatable bonds is 4. The molecule has 3 rings (SSSR count). The van der Waals surface area contributed by atoms with Gasteiger partial charge < -0.3 is 14.8 Å². The lowest BCUT2D eigenvalue weighted by atomic mass is 10.0. The number of hydrogen-bond acceptors (Lipinski definition) is 3. The van der Waals surface area contributed by atoms with Gasteiger partial charge in [0.2, 0.25) is 0 Å². The maximum Gasteiger partial charge on any atom is 0.157 e. The van der Waals surface area contributed by atoms with E-state index in [4.69, 9.17) is 9.47 Å². The molecular formula is C16H21NO2. The van der Waals surface area contributed by atoms with Crippen LogP contribution in [0.15, 0.2) is 35.9 Å². The second-order valence-corrected chi connectivity index (χ2v) is 5.14. The topological polar surface area (TPSA) is 30.5 Å². The fourth-order valence-electron chi connectivity index (χ4n) is 2.80. The normalized spacial score (nSPS) is 26.3. The Hall–Kier alpha value is -1.16. The third kappa shape index (κ3) is 3.44. The highest BCUT2D eigenvalue weighted by molar-refractivity contribution is 5.54. The summed E-state index contributed by atoms with van der Waals surface area (Å²) in [7, 11) is 0. The molecule has 1 aromatic carbocycles. The largest absolute Gasteiger partial charge is 0.350 e. The molecule has 1 atom stereocenters. The van der Waals surface area contributed by atoms with E-state index in [9.17, 15) is 0 Å². The molecule has 1 aromatic rings. The van der Waals surface area contributed by atoms with Gasteiger partial charge in [0.05, 0.1) is 13.2 Å². The minimum absolute atomic E-state index is 0.0142. The van der Waals surface area contributed by atoms with Crippen molar-refractivity contribution in [3.05, 3.63) is 41.5 Å². The van der Waals surface area contributed by atoms with Crippen molar-refractivity contribution >= 4 is 6.08 Å². The average Bonchev–Trinajstić information content (AvgIpc) is 3.09. The summed E-state index contributed by atoms with van der Waals surface area (Å²) < 4.78 is 11.0. The summed E-state index contributed by atoms with van der Waals surface area (Å²) in [6.45, 7) is 2.57. The molecule has 2 aliphatic heterocycles. The van der Waals surface area contributed by atoms with E-state index in [2.05, 4.69) is 41.7 Å². The molecule has 19 heavy (non-hydrogen) atoms. The number of benzene rings is 1. The molecule has 3 nitrogen and oxygen atoms in total. The van der Waals surface area contributed by atoms with E-state index in [1.54, 1.807) is 0 Å². The van der Waals surface area contributed by atoms with Crippen LogP contribution in [-0.2, 0) is 9.47 Å². The van der Waals surface area contributed by atoms with Crippen LogP contribution in [0.25, 0.3) is 6.08 Å². The van der Waals surface area contributed by atoms with E-state index < -0.39 is 0 Å². The maximum atomic E-state index is 5.50. The first kappa shape index (κ1) is 12.9. The van der Waals surface area contributed by atoms with Crippen molar-refractivity contribution < 1.29 is 9.47 Å². The van der Waals surface area contributed by atoms with E-state index in [0.717, 1.165) is 39.0 Å². The molecule has 0 bridgehead atoms. The molecule has 2 aliphatic rings. The molecule has 0 saturated carbocycles. The zero-order valence-corrected chi connectivity index (χ0v) is 11.2. The van der Waals surface area contributed by atoms with Gasteiger partial charge in [-0.25, -0.2) is 0 Å². The van der Waals surface area contributed by atoms with Crippen LogP contribution in [0.4, 0.5) is 0 Å². The second-order valence-electron chi connectivity index (χ2n) is 5.14. The minimum atomic E-state index is 0.0142. The van der Waals surface area contributed by atoms with Gasteiger partial charge in [-0.15, -0.1) is 0 Å². The predicted octanol–water partition coefficient (Wildman–Crippen LogP) is 2.59. The van der Waals surface area contributed by atoms with Gasteiger partial charge >= 0.3 is 0 Å². The highest BCUT2D eigenvalue weighted by Crippen LogP contribution is 2.23. The molecule has 0 amide bonds. The maximum absolute atomic E-state index is 5.50. The van der Waals surface area contributed by atoms with Gasteiger partial charge in [0.15, 0.2) is 6.29 Å². The van der Waals surface area contributed by atoms with E-state index in [1.165, 1.54) is 11.1 Å². The van der Waals surface area contributed by atoms with Crippen LogP contribution in [0, 0.1) is 0 Å². The van der Waals surface area contributed by atoms with Crippen LogP contribution in [-0.4, -0.2) is 32.1 Å². The summed E-state index contributed by atoms with van der Waals surface area (Å²) in [4.78, 5) is 0. The average molecular weight is 259 g/mol. The minimum Gasteiger partial charge on any atom is -0.350 e. The van der Waals surface area contributed by atoms with Gasteiger partial charge in [0.1, 0.15) is 0 Å². The summed E-state index contributed by atoms with van der Waals surface area (Å²) in [5.74, 6) is 0. The molecule has 2 heterocycles. The van der Waals surface area contributed by atoms with Crippen molar-refractivity contribution in [2.75, 3.05) is 19.8 Å². The summed E-state index contributed by atoms with van der Waals surface area (Å²) in [6, 6.07) is 11.0. The Balaban J connectivity index is 1.59. The molecule has 0 aromatic heterocycles. The molecule has 0 aliphatic carbocycles. The van der Waals surface area contributed by atoms with Crippen molar-refractivity contribution in [1.82, 2.24) is 5.32 Å². The molecule has 3 heteroatoms. The van der Waals surface area contributed by atoms with Gasteiger partial charge in [0, 0.05) is 12.5 Å². The lowest BCUT2D eigenvalue weighted by Gasteiger charge is -2.15. The van der Waals surface area contributed by atoms with Gasteiger partial charge in [0.25, 0.3) is 0 Å². The van der Waals surface area contributed by atoms with E-state index in [1.807, 2.05) is 0 Å². The first-order valence-electron chi connectivity index (χ1n) is 7.14. The van der Waals surface area contributed by atoms with Crippen LogP contribution < -0.4 is 5.32 Å². The molecule has 0 radical (unpaired) electrons. The molecule has 2 fully saturated rings. The Bertz CT molecular complexity index is 424. The van der Waals surface area contributed by atoms with Gasteiger partial charge in [-0.05, 0) is 24.9 Å². The standard InChI is InChI=1S/C16H21NO2/c1-2-4-13(5-3-1)12-14-8-9-17-15(14)6-7-16-18-10-11-19-16/h1-5,12,15-17H,6-11H2/b14-12+. The Kier molecular flexibility index (Phi) is 4.28. The Morgan fingerprint density at radius 2 is 1.89 bits per heavy atom. The zero-order chi connectivity index (χ0) is 12.9. The monoisotopic (exact) mass is 259 g/mol. The second kappa shape index (κ2) is 6.33. The van der Waals surface area contributed by atoms with Crippen molar-refractivity contribution in [1.29, 1.82) is 0 Å².